The molecule has 1 heterocycles. The third-order valence-corrected chi connectivity index (χ3v) is 3.51. The summed E-state index contributed by atoms with van der Waals surface area (Å²) in [6.45, 7) is 2.86. The van der Waals surface area contributed by atoms with Crippen LogP contribution >= 0.6 is 0 Å². The normalized spacial score (nSPS) is 14.3. The minimum atomic E-state index is -0.410. The molecule has 0 saturated carbocycles. The van der Waals surface area contributed by atoms with E-state index in [1.54, 1.807) is 6.20 Å². The zero-order chi connectivity index (χ0) is 13.7. The molecule has 0 amide bonds. The summed E-state index contributed by atoms with van der Waals surface area (Å²) in [5.41, 5.74) is 0.684. The number of imidazole rings is 1. The smallest absolute Gasteiger partial charge is 0.109 e. The van der Waals surface area contributed by atoms with Crippen molar-refractivity contribution in [1.82, 2.24) is 14.9 Å². The van der Waals surface area contributed by atoms with Crippen molar-refractivity contribution in [2.75, 3.05) is 13.2 Å². The molecular formula is C15H21N3O. The second-order valence-corrected chi connectivity index (χ2v) is 4.99. The Kier molecular flexibility index (Phi) is 4.35. The van der Waals surface area contributed by atoms with Crippen LogP contribution in [0.3, 0.4) is 0 Å². The first-order valence-electron chi connectivity index (χ1n) is 6.53. The van der Waals surface area contributed by atoms with Crippen molar-refractivity contribution >= 4 is 0 Å². The highest BCUT2D eigenvalue weighted by atomic mass is 16.3. The van der Waals surface area contributed by atoms with Crippen molar-refractivity contribution in [1.29, 1.82) is 0 Å². The largest absolute Gasteiger partial charge is 0.394 e. The molecule has 102 valence electrons. The van der Waals surface area contributed by atoms with Gasteiger partial charge in [0.2, 0.25) is 0 Å². The maximum atomic E-state index is 9.67. The molecule has 0 bridgehead atoms. The van der Waals surface area contributed by atoms with E-state index < -0.39 is 5.54 Å². The van der Waals surface area contributed by atoms with Gasteiger partial charge in [-0.1, -0.05) is 30.3 Å². The first-order chi connectivity index (χ1) is 9.15. The second kappa shape index (κ2) is 5.99. The Labute approximate surface area is 114 Å². The van der Waals surface area contributed by atoms with Gasteiger partial charge in [-0.05, 0) is 12.5 Å². The molecule has 1 aromatic carbocycles. The van der Waals surface area contributed by atoms with E-state index in [1.165, 1.54) is 0 Å². The monoisotopic (exact) mass is 259 g/mol. The van der Waals surface area contributed by atoms with Gasteiger partial charge in [-0.25, -0.2) is 4.98 Å². The molecule has 0 fully saturated rings. The Morgan fingerprint density at radius 3 is 2.63 bits per heavy atom. The lowest BCUT2D eigenvalue weighted by molar-refractivity contribution is 0.175. The first-order valence-corrected chi connectivity index (χ1v) is 6.53. The van der Waals surface area contributed by atoms with Crippen LogP contribution in [0.15, 0.2) is 42.7 Å². The number of hydrogen-bond acceptors (Lipinski definition) is 3. The van der Waals surface area contributed by atoms with E-state index in [-0.39, 0.29) is 6.61 Å². The number of nitrogens with zero attached hydrogens (tertiary/aromatic N) is 2. The third-order valence-electron chi connectivity index (χ3n) is 3.51. The van der Waals surface area contributed by atoms with E-state index in [1.807, 2.05) is 55.1 Å². The molecular weight excluding hydrogens is 238 g/mol. The lowest BCUT2D eigenvalue weighted by Crippen LogP contribution is -2.44. The van der Waals surface area contributed by atoms with Crippen LogP contribution in [-0.2, 0) is 19.0 Å². The van der Waals surface area contributed by atoms with Gasteiger partial charge >= 0.3 is 0 Å². The number of nitrogens with one attached hydrogen (secondary N) is 1. The summed E-state index contributed by atoms with van der Waals surface area (Å²) in [6.07, 6.45) is 4.58. The van der Waals surface area contributed by atoms with Gasteiger partial charge in [0, 0.05) is 32.4 Å². The maximum Gasteiger partial charge on any atom is 0.109 e. The predicted octanol–water partition coefficient (Wildman–Crippen LogP) is 1.46. The van der Waals surface area contributed by atoms with Gasteiger partial charge in [-0.15, -0.1) is 0 Å². The average Bonchev–Trinajstić information content (AvgIpc) is 2.85. The van der Waals surface area contributed by atoms with Gasteiger partial charge < -0.3 is 15.0 Å². The summed E-state index contributed by atoms with van der Waals surface area (Å²) >= 11 is 0. The van der Waals surface area contributed by atoms with E-state index in [4.69, 9.17) is 0 Å². The molecule has 0 aliphatic carbocycles. The van der Waals surface area contributed by atoms with Gasteiger partial charge in [0.25, 0.3) is 0 Å². The number of aliphatic hydroxyl groups is 1. The Morgan fingerprint density at radius 2 is 2.05 bits per heavy atom. The lowest BCUT2D eigenvalue weighted by Gasteiger charge is -2.29. The minimum Gasteiger partial charge on any atom is -0.394 e. The highest BCUT2D eigenvalue weighted by Crippen LogP contribution is 2.19. The van der Waals surface area contributed by atoms with Crippen LogP contribution in [-0.4, -0.2) is 27.8 Å². The molecule has 1 atom stereocenters. The summed E-state index contributed by atoms with van der Waals surface area (Å²) in [4.78, 5) is 4.29. The molecule has 0 spiro atoms. The molecule has 2 N–H and O–H groups in total. The molecule has 0 aliphatic rings. The van der Waals surface area contributed by atoms with E-state index in [0.29, 0.717) is 0 Å². The topological polar surface area (TPSA) is 50.1 Å². The van der Waals surface area contributed by atoms with Gasteiger partial charge in [0.05, 0.1) is 12.1 Å². The van der Waals surface area contributed by atoms with Crippen LogP contribution in [0.2, 0.25) is 0 Å². The SMILES string of the molecule is Cn1ccnc1CCNC(C)(CO)c1ccccc1. The average molecular weight is 259 g/mol. The van der Waals surface area contributed by atoms with E-state index in [0.717, 1.165) is 24.4 Å². The van der Waals surface area contributed by atoms with Crippen LogP contribution in [0.4, 0.5) is 0 Å². The Morgan fingerprint density at radius 1 is 1.32 bits per heavy atom. The zero-order valence-electron chi connectivity index (χ0n) is 11.5. The number of benzene rings is 1. The summed E-state index contributed by atoms with van der Waals surface area (Å²) in [5, 5.41) is 13.1. The Balaban J connectivity index is 1.98. The minimum absolute atomic E-state index is 0.0670. The fourth-order valence-electron chi connectivity index (χ4n) is 2.14. The van der Waals surface area contributed by atoms with E-state index in [2.05, 4.69) is 10.3 Å². The summed E-state index contributed by atoms with van der Waals surface area (Å²) < 4.78 is 2.01. The molecule has 2 aromatic rings. The predicted molar refractivity (Wildman–Crippen MR) is 75.8 cm³/mol. The van der Waals surface area contributed by atoms with Crippen molar-refractivity contribution in [3.8, 4) is 0 Å². The number of hydrogen-bond donors (Lipinski definition) is 2. The van der Waals surface area contributed by atoms with Crippen LogP contribution in [0, 0.1) is 0 Å². The number of aromatic nitrogens is 2. The fourth-order valence-corrected chi connectivity index (χ4v) is 2.14. The van der Waals surface area contributed by atoms with Crippen molar-refractivity contribution in [2.24, 2.45) is 7.05 Å². The van der Waals surface area contributed by atoms with E-state index in [9.17, 15) is 5.11 Å². The number of rotatable bonds is 6. The molecule has 0 radical (unpaired) electrons. The van der Waals surface area contributed by atoms with Crippen LogP contribution in [0.5, 0.6) is 0 Å². The molecule has 1 unspecified atom stereocenters. The van der Waals surface area contributed by atoms with Gasteiger partial charge in [-0.2, -0.15) is 0 Å². The van der Waals surface area contributed by atoms with Crippen LogP contribution in [0.1, 0.15) is 18.3 Å². The van der Waals surface area contributed by atoms with Crippen molar-refractivity contribution in [3.05, 3.63) is 54.1 Å². The molecule has 2 rings (SSSR count). The number of aliphatic hydroxyl groups excluding tert-OH is 1. The highest BCUT2D eigenvalue weighted by molar-refractivity contribution is 5.23. The van der Waals surface area contributed by atoms with Crippen LogP contribution < -0.4 is 5.32 Å². The third kappa shape index (κ3) is 3.22. The summed E-state index contributed by atoms with van der Waals surface area (Å²) in [7, 11) is 1.99. The lowest BCUT2D eigenvalue weighted by atomic mass is 9.93. The quantitative estimate of drug-likeness (QED) is 0.826. The second-order valence-electron chi connectivity index (χ2n) is 4.99. The van der Waals surface area contributed by atoms with Crippen molar-refractivity contribution in [2.45, 2.75) is 18.9 Å². The Hall–Kier alpha value is -1.65. The molecule has 4 nitrogen and oxygen atoms in total. The molecule has 0 saturated heterocycles. The van der Waals surface area contributed by atoms with Crippen molar-refractivity contribution < 1.29 is 5.11 Å². The van der Waals surface area contributed by atoms with Gasteiger partial charge in [0.15, 0.2) is 0 Å². The molecule has 1 aromatic heterocycles. The first kappa shape index (κ1) is 13.8. The molecule has 4 heteroatoms. The highest BCUT2D eigenvalue weighted by Gasteiger charge is 2.24. The standard InChI is InChI=1S/C15H21N3O/c1-15(12-19,13-6-4-3-5-7-13)17-9-8-14-16-10-11-18(14)2/h3-7,10-11,17,19H,8-9,12H2,1-2H3. The van der Waals surface area contributed by atoms with Crippen molar-refractivity contribution in [3.63, 3.8) is 0 Å². The van der Waals surface area contributed by atoms with Gasteiger partial charge in [-0.3, -0.25) is 0 Å². The van der Waals surface area contributed by atoms with Gasteiger partial charge in [0.1, 0.15) is 5.82 Å². The van der Waals surface area contributed by atoms with Crippen LogP contribution in [0.25, 0.3) is 0 Å². The van der Waals surface area contributed by atoms with E-state index >= 15 is 0 Å². The maximum absolute atomic E-state index is 9.67. The molecule has 0 aliphatic heterocycles. The fraction of sp³-hybridized carbons (Fsp3) is 0.400. The number of aryl methyl sites for hydroxylation is 1. The summed E-state index contributed by atoms with van der Waals surface area (Å²) in [5.74, 6) is 1.04. The molecule has 19 heavy (non-hydrogen) atoms. The zero-order valence-corrected chi connectivity index (χ0v) is 11.5. The summed E-state index contributed by atoms with van der Waals surface area (Å²) in [6, 6.07) is 10.0. The Bertz CT molecular complexity index is 509.